The summed E-state index contributed by atoms with van der Waals surface area (Å²) in [6.07, 6.45) is 1.85. The van der Waals surface area contributed by atoms with E-state index in [4.69, 9.17) is 23.2 Å². The lowest BCUT2D eigenvalue weighted by atomic mass is 9.95. The van der Waals surface area contributed by atoms with Gasteiger partial charge < -0.3 is 5.32 Å². The van der Waals surface area contributed by atoms with Gasteiger partial charge in [0.1, 0.15) is 0 Å². The van der Waals surface area contributed by atoms with Crippen molar-refractivity contribution in [2.24, 2.45) is 5.92 Å². The van der Waals surface area contributed by atoms with Crippen LogP contribution in [0.4, 0.5) is 0 Å². The van der Waals surface area contributed by atoms with Crippen molar-refractivity contribution in [2.75, 3.05) is 25.4 Å². The van der Waals surface area contributed by atoms with E-state index in [1.165, 1.54) is 5.56 Å². The Morgan fingerprint density at radius 3 is 2.55 bits per heavy atom. The quantitative estimate of drug-likeness (QED) is 0.436. The van der Waals surface area contributed by atoms with E-state index in [2.05, 4.69) is 50.4 Å². The van der Waals surface area contributed by atoms with Crippen LogP contribution in [0.3, 0.4) is 0 Å². The maximum Gasteiger partial charge on any atom is 0.223 e. The van der Waals surface area contributed by atoms with Gasteiger partial charge in [-0.05, 0) is 61.3 Å². The number of piperidine rings is 1. The minimum Gasteiger partial charge on any atom is -0.355 e. The van der Waals surface area contributed by atoms with Crippen LogP contribution in [0.25, 0.3) is 0 Å². The number of nitrogens with zero attached hydrogens (tertiary/aromatic N) is 1. The first-order chi connectivity index (χ1) is 14.0. The molecule has 0 aliphatic carbocycles. The first kappa shape index (κ1) is 23.0. The molecule has 0 spiro atoms. The molecule has 0 unspecified atom stereocenters. The highest BCUT2D eigenvalue weighted by molar-refractivity contribution is 9.10. The highest BCUT2D eigenvalue weighted by Gasteiger charge is 2.24. The fourth-order valence-corrected chi connectivity index (χ4v) is 5.09. The van der Waals surface area contributed by atoms with Crippen molar-refractivity contribution in [1.29, 1.82) is 0 Å². The average Bonchev–Trinajstić information content (AvgIpc) is 2.71. The van der Waals surface area contributed by atoms with Crippen molar-refractivity contribution in [1.82, 2.24) is 10.2 Å². The van der Waals surface area contributed by atoms with Gasteiger partial charge in [0.2, 0.25) is 5.91 Å². The molecular formula is C22H25BrCl2N2OS. The van der Waals surface area contributed by atoms with Gasteiger partial charge in [-0.15, -0.1) is 0 Å². The zero-order chi connectivity index (χ0) is 20.6. The summed E-state index contributed by atoms with van der Waals surface area (Å²) in [5.41, 5.74) is 2.39. The standard InChI is InChI=1S/C22H25BrCl2N2OS/c23-19-4-1-16(2-5-19)14-27-10-7-17(8-11-27)22(28)26-9-12-29-15-18-3-6-20(24)13-21(18)25/h1-6,13,17H,7-12,14-15H2,(H,26,28). The first-order valence-electron chi connectivity index (χ1n) is 9.77. The van der Waals surface area contributed by atoms with Gasteiger partial charge >= 0.3 is 0 Å². The Kier molecular flexibility index (Phi) is 9.19. The molecule has 0 saturated carbocycles. The molecule has 1 amide bonds. The number of nitrogens with one attached hydrogen (secondary N) is 1. The molecule has 156 valence electrons. The molecule has 7 heteroatoms. The topological polar surface area (TPSA) is 32.3 Å². The minimum atomic E-state index is 0.131. The summed E-state index contributed by atoms with van der Waals surface area (Å²) in [6.45, 7) is 3.58. The molecule has 0 bridgehead atoms. The Balaban J connectivity index is 1.31. The van der Waals surface area contributed by atoms with Crippen LogP contribution in [0, 0.1) is 5.92 Å². The number of likely N-dealkylation sites (tertiary alicyclic amines) is 1. The van der Waals surface area contributed by atoms with Gasteiger partial charge in [0.05, 0.1) is 0 Å². The van der Waals surface area contributed by atoms with Gasteiger partial charge in [0.15, 0.2) is 0 Å². The smallest absolute Gasteiger partial charge is 0.223 e. The molecule has 3 nitrogen and oxygen atoms in total. The van der Waals surface area contributed by atoms with Crippen molar-refractivity contribution in [3.63, 3.8) is 0 Å². The zero-order valence-electron chi connectivity index (χ0n) is 16.2. The van der Waals surface area contributed by atoms with Crippen molar-refractivity contribution >= 4 is 56.8 Å². The van der Waals surface area contributed by atoms with E-state index in [9.17, 15) is 4.79 Å². The Hall–Kier alpha value is -0.720. The highest BCUT2D eigenvalue weighted by atomic mass is 79.9. The van der Waals surface area contributed by atoms with E-state index in [1.807, 2.05) is 12.1 Å². The second-order valence-electron chi connectivity index (χ2n) is 7.26. The molecule has 1 N–H and O–H groups in total. The van der Waals surface area contributed by atoms with E-state index in [0.29, 0.717) is 16.6 Å². The number of carbonyl (C=O) groups is 1. The molecule has 0 aromatic heterocycles. The van der Waals surface area contributed by atoms with Crippen molar-refractivity contribution in [3.8, 4) is 0 Å². The van der Waals surface area contributed by atoms with Gasteiger partial charge in [0.25, 0.3) is 0 Å². The summed E-state index contributed by atoms with van der Waals surface area (Å²) >= 11 is 17.3. The lowest BCUT2D eigenvalue weighted by Gasteiger charge is -2.31. The van der Waals surface area contributed by atoms with Crippen molar-refractivity contribution < 1.29 is 4.79 Å². The molecular weight excluding hydrogens is 491 g/mol. The van der Waals surface area contributed by atoms with Crippen LogP contribution in [0.2, 0.25) is 10.0 Å². The van der Waals surface area contributed by atoms with Gasteiger partial charge in [-0.3, -0.25) is 9.69 Å². The van der Waals surface area contributed by atoms with Crippen molar-refractivity contribution in [2.45, 2.75) is 25.1 Å². The number of hydrogen-bond donors (Lipinski definition) is 1. The number of thioether (sulfide) groups is 1. The van der Waals surface area contributed by atoms with Gasteiger partial charge in [0, 0.05) is 45.0 Å². The molecule has 0 atom stereocenters. The summed E-state index contributed by atoms with van der Waals surface area (Å²) in [4.78, 5) is 14.9. The fraction of sp³-hybridized carbons (Fsp3) is 0.409. The molecule has 1 aliphatic rings. The predicted molar refractivity (Wildman–Crippen MR) is 128 cm³/mol. The third kappa shape index (κ3) is 7.48. The second kappa shape index (κ2) is 11.6. The molecule has 2 aromatic carbocycles. The van der Waals surface area contributed by atoms with Gasteiger partial charge in [-0.1, -0.05) is 57.3 Å². The van der Waals surface area contributed by atoms with Crippen LogP contribution in [0.1, 0.15) is 24.0 Å². The second-order valence-corrected chi connectivity index (χ2v) is 10.1. The molecule has 1 fully saturated rings. The maximum atomic E-state index is 12.4. The van der Waals surface area contributed by atoms with Crippen LogP contribution in [0.5, 0.6) is 0 Å². The summed E-state index contributed by atoms with van der Waals surface area (Å²) in [5, 5.41) is 4.45. The molecule has 1 aliphatic heterocycles. The SMILES string of the molecule is O=C(NCCSCc1ccc(Cl)cc1Cl)C1CCN(Cc2ccc(Br)cc2)CC1. The van der Waals surface area contributed by atoms with E-state index < -0.39 is 0 Å². The molecule has 3 rings (SSSR count). The normalized spacial score (nSPS) is 15.4. The van der Waals surface area contributed by atoms with Crippen LogP contribution in [-0.2, 0) is 17.1 Å². The maximum absolute atomic E-state index is 12.4. The Labute approximate surface area is 195 Å². The van der Waals surface area contributed by atoms with Gasteiger partial charge in [-0.25, -0.2) is 0 Å². The van der Waals surface area contributed by atoms with E-state index in [-0.39, 0.29) is 11.8 Å². The molecule has 2 aromatic rings. The van der Waals surface area contributed by atoms with Crippen LogP contribution in [-0.4, -0.2) is 36.2 Å². The fourth-order valence-electron chi connectivity index (χ4n) is 3.41. The Morgan fingerprint density at radius 2 is 1.86 bits per heavy atom. The third-order valence-electron chi connectivity index (χ3n) is 5.10. The summed E-state index contributed by atoms with van der Waals surface area (Å²) < 4.78 is 1.10. The predicted octanol–water partition coefficient (Wildman–Crippen LogP) is 6.02. The van der Waals surface area contributed by atoms with Gasteiger partial charge in [-0.2, -0.15) is 11.8 Å². The highest BCUT2D eigenvalue weighted by Crippen LogP contribution is 2.24. The van der Waals surface area contributed by atoms with Crippen LogP contribution >= 0.6 is 50.9 Å². The molecule has 0 radical (unpaired) electrons. The molecule has 1 saturated heterocycles. The Morgan fingerprint density at radius 1 is 1.14 bits per heavy atom. The Bertz CT molecular complexity index is 811. The third-order valence-corrected chi connectivity index (χ3v) is 7.22. The number of halogens is 3. The summed E-state index contributed by atoms with van der Waals surface area (Å²) in [6, 6.07) is 14.0. The minimum absolute atomic E-state index is 0.131. The first-order valence-corrected chi connectivity index (χ1v) is 12.5. The number of carbonyl (C=O) groups excluding carboxylic acids is 1. The molecule has 29 heavy (non-hydrogen) atoms. The summed E-state index contributed by atoms with van der Waals surface area (Å²) in [7, 11) is 0. The zero-order valence-corrected chi connectivity index (χ0v) is 20.1. The van der Waals surface area contributed by atoms with E-state index in [1.54, 1.807) is 17.8 Å². The lowest BCUT2D eigenvalue weighted by Crippen LogP contribution is -2.40. The number of rotatable bonds is 8. The largest absolute Gasteiger partial charge is 0.355 e. The summed E-state index contributed by atoms with van der Waals surface area (Å²) in [5.74, 6) is 2.01. The average molecular weight is 516 g/mol. The van der Waals surface area contributed by atoms with Crippen LogP contribution < -0.4 is 5.32 Å². The van der Waals surface area contributed by atoms with Crippen molar-refractivity contribution in [3.05, 3.63) is 68.1 Å². The number of amides is 1. The van der Waals surface area contributed by atoms with E-state index in [0.717, 1.165) is 54.0 Å². The van der Waals surface area contributed by atoms with E-state index >= 15 is 0 Å². The monoisotopic (exact) mass is 514 g/mol. The molecule has 1 heterocycles. The van der Waals surface area contributed by atoms with Crippen LogP contribution in [0.15, 0.2) is 46.9 Å². The lowest BCUT2D eigenvalue weighted by molar-refractivity contribution is -0.126. The number of hydrogen-bond acceptors (Lipinski definition) is 3. The number of benzene rings is 2.